The molecule has 0 saturated heterocycles. The Bertz CT molecular complexity index is 930. The van der Waals surface area contributed by atoms with E-state index < -0.39 is 11.6 Å². The lowest BCUT2D eigenvalue weighted by Crippen LogP contribution is -2.13. The van der Waals surface area contributed by atoms with Gasteiger partial charge in [0.15, 0.2) is 11.7 Å². The second-order valence-electron chi connectivity index (χ2n) is 6.08. The summed E-state index contributed by atoms with van der Waals surface area (Å²) in [5, 5.41) is 2.85. The summed E-state index contributed by atoms with van der Waals surface area (Å²) < 4.78 is 33.0. The minimum atomic E-state index is -0.722. The van der Waals surface area contributed by atoms with E-state index in [0.717, 1.165) is 28.9 Å². The molecule has 1 amide bonds. The third-order valence-corrected chi connectivity index (χ3v) is 4.00. The van der Waals surface area contributed by atoms with E-state index in [9.17, 15) is 13.6 Å². The Kier molecular flexibility index (Phi) is 5.11. The number of rotatable bonds is 5. The van der Waals surface area contributed by atoms with Crippen molar-refractivity contribution in [1.82, 2.24) is 4.98 Å². The first-order valence-electron chi connectivity index (χ1n) is 8.20. The van der Waals surface area contributed by atoms with Crippen molar-refractivity contribution in [1.29, 1.82) is 0 Å². The molecule has 0 atom stereocenters. The van der Waals surface area contributed by atoms with Crippen LogP contribution >= 0.6 is 0 Å². The van der Waals surface area contributed by atoms with Gasteiger partial charge in [0.05, 0.1) is 11.8 Å². The van der Waals surface area contributed by atoms with E-state index in [0.29, 0.717) is 0 Å². The lowest BCUT2D eigenvalue weighted by atomic mass is 10.1. The van der Waals surface area contributed by atoms with Gasteiger partial charge in [-0.1, -0.05) is 18.2 Å². The Morgan fingerprint density at radius 2 is 1.88 bits per heavy atom. The third-order valence-electron chi connectivity index (χ3n) is 4.00. The van der Waals surface area contributed by atoms with E-state index >= 15 is 0 Å². The highest BCUT2D eigenvalue weighted by Gasteiger charge is 2.16. The first-order valence-corrected chi connectivity index (χ1v) is 8.20. The minimum absolute atomic E-state index is 0.00513. The zero-order valence-electron chi connectivity index (χ0n) is 14.5. The molecular weight excluding hydrogens is 338 g/mol. The van der Waals surface area contributed by atoms with Crippen LogP contribution in [0, 0.1) is 25.5 Å². The van der Waals surface area contributed by atoms with Gasteiger partial charge >= 0.3 is 0 Å². The average molecular weight is 356 g/mol. The van der Waals surface area contributed by atoms with Crippen molar-refractivity contribution in [2.75, 3.05) is 5.32 Å². The Morgan fingerprint density at radius 1 is 1.15 bits per heavy atom. The molecule has 0 unspecified atom stereocenters. The van der Waals surface area contributed by atoms with Gasteiger partial charge in [0.1, 0.15) is 11.6 Å². The number of anilines is 1. The number of benzene rings is 2. The molecule has 0 fully saturated rings. The Morgan fingerprint density at radius 3 is 2.62 bits per heavy atom. The molecule has 0 aliphatic rings. The molecule has 1 N–H and O–H groups in total. The highest BCUT2D eigenvalue weighted by molar-refractivity contribution is 5.91. The van der Waals surface area contributed by atoms with Gasteiger partial charge in [0.25, 0.3) is 0 Å². The summed E-state index contributed by atoms with van der Waals surface area (Å²) >= 11 is 0. The van der Waals surface area contributed by atoms with Crippen LogP contribution in [0.3, 0.4) is 0 Å². The lowest BCUT2D eigenvalue weighted by molar-refractivity contribution is -0.116. The number of halogens is 2. The topological polar surface area (TPSA) is 55.1 Å². The molecule has 0 spiro atoms. The summed E-state index contributed by atoms with van der Waals surface area (Å²) in [6, 6.07) is 9.40. The van der Waals surface area contributed by atoms with Crippen molar-refractivity contribution in [3.05, 3.63) is 71.2 Å². The summed E-state index contributed by atoms with van der Waals surface area (Å²) in [5.74, 6) is -1.37. The summed E-state index contributed by atoms with van der Waals surface area (Å²) in [7, 11) is 0. The normalized spacial score (nSPS) is 10.8. The van der Waals surface area contributed by atoms with E-state index in [4.69, 9.17) is 4.42 Å². The van der Waals surface area contributed by atoms with Gasteiger partial charge in [-0.2, -0.15) is 0 Å². The molecule has 2 aromatic carbocycles. The minimum Gasteiger partial charge on any atom is -0.441 e. The lowest BCUT2D eigenvalue weighted by Gasteiger charge is -2.08. The second kappa shape index (κ2) is 7.47. The number of oxazole rings is 1. The number of nitrogens with zero attached hydrogens (tertiary/aromatic N) is 1. The predicted octanol–water partition coefficient (Wildman–Crippen LogP) is 4.81. The molecule has 6 heteroatoms. The highest BCUT2D eigenvalue weighted by atomic mass is 19.1. The number of hydrogen-bond donors (Lipinski definition) is 1. The highest BCUT2D eigenvalue weighted by Crippen LogP contribution is 2.27. The molecule has 1 heterocycles. The standard InChI is InChI=1S/C20H18F2N2O2/c1-12-6-7-13(2)16(10-12)24-18(25)8-9-19-23-11-17(26-19)20-14(21)4-3-5-15(20)22/h3-7,10-11H,8-9H2,1-2H3,(H,24,25). The zero-order chi connectivity index (χ0) is 18.7. The quantitative estimate of drug-likeness (QED) is 0.714. The van der Waals surface area contributed by atoms with Gasteiger partial charge in [0.2, 0.25) is 5.91 Å². The summed E-state index contributed by atoms with van der Waals surface area (Å²) in [6.45, 7) is 3.86. The fraction of sp³-hybridized carbons (Fsp3) is 0.200. The number of carbonyl (C=O) groups excluding carboxylic acids is 1. The van der Waals surface area contributed by atoms with Crippen molar-refractivity contribution < 1.29 is 18.0 Å². The summed E-state index contributed by atoms with van der Waals surface area (Å²) in [6.07, 6.45) is 1.64. The van der Waals surface area contributed by atoms with Crippen LogP contribution in [0.2, 0.25) is 0 Å². The van der Waals surface area contributed by atoms with Gasteiger partial charge in [-0.15, -0.1) is 0 Å². The van der Waals surface area contributed by atoms with Gasteiger partial charge in [-0.25, -0.2) is 13.8 Å². The van der Waals surface area contributed by atoms with E-state index in [2.05, 4.69) is 10.3 Å². The maximum absolute atomic E-state index is 13.8. The fourth-order valence-electron chi connectivity index (χ4n) is 2.58. The molecule has 3 aromatic rings. The van der Waals surface area contributed by atoms with Crippen LogP contribution < -0.4 is 5.32 Å². The van der Waals surface area contributed by atoms with E-state index in [1.54, 1.807) is 0 Å². The molecule has 0 radical (unpaired) electrons. The first-order chi connectivity index (χ1) is 12.4. The Balaban J connectivity index is 1.65. The largest absolute Gasteiger partial charge is 0.441 e. The predicted molar refractivity (Wildman–Crippen MR) is 94.7 cm³/mol. The van der Waals surface area contributed by atoms with Gasteiger partial charge in [-0.05, 0) is 43.2 Å². The fourth-order valence-corrected chi connectivity index (χ4v) is 2.58. The average Bonchev–Trinajstić information content (AvgIpc) is 3.05. The van der Waals surface area contributed by atoms with Crippen molar-refractivity contribution in [2.45, 2.75) is 26.7 Å². The molecule has 0 aliphatic carbocycles. The van der Waals surface area contributed by atoms with Crippen LogP contribution in [0.15, 0.2) is 47.0 Å². The van der Waals surface area contributed by atoms with Gasteiger partial charge in [-0.3, -0.25) is 4.79 Å². The van der Waals surface area contributed by atoms with Crippen LogP contribution in [0.25, 0.3) is 11.3 Å². The Hall–Kier alpha value is -3.02. The van der Waals surface area contributed by atoms with Gasteiger partial charge < -0.3 is 9.73 Å². The molecule has 26 heavy (non-hydrogen) atoms. The second-order valence-corrected chi connectivity index (χ2v) is 6.08. The van der Waals surface area contributed by atoms with Crippen molar-refractivity contribution in [3.63, 3.8) is 0 Å². The van der Waals surface area contributed by atoms with Crippen LogP contribution in [0.4, 0.5) is 14.5 Å². The molecule has 0 aliphatic heterocycles. The monoisotopic (exact) mass is 356 g/mol. The number of aryl methyl sites for hydroxylation is 3. The maximum atomic E-state index is 13.8. The van der Waals surface area contributed by atoms with Crippen LogP contribution in [-0.2, 0) is 11.2 Å². The number of amides is 1. The van der Waals surface area contributed by atoms with Crippen molar-refractivity contribution >= 4 is 11.6 Å². The smallest absolute Gasteiger partial charge is 0.224 e. The number of carbonyl (C=O) groups is 1. The maximum Gasteiger partial charge on any atom is 0.224 e. The number of aromatic nitrogens is 1. The molecule has 0 saturated carbocycles. The zero-order valence-corrected chi connectivity index (χ0v) is 14.5. The molecule has 134 valence electrons. The van der Waals surface area contributed by atoms with Crippen LogP contribution in [0.5, 0.6) is 0 Å². The molecule has 4 nitrogen and oxygen atoms in total. The molecule has 1 aromatic heterocycles. The summed E-state index contributed by atoms with van der Waals surface area (Å²) in [4.78, 5) is 16.1. The van der Waals surface area contributed by atoms with E-state index in [1.807, 2.05) is 32.0 Å². The first kappa shape index (κ1) is 17.8. The van der Waals surface area contributed by atoms with Crippen molar-refractivity contribution in [3.8, 4) is 11.3 Å². The van der Waals surface area contributed by atoms with E-state index in [1.165, 1.54) is 12.3 Å². The molecule has 3 rings (SSSR count). The number of nitrogens with one attached hydrogen (secondary N) is 1. The van der Waals surface area contributed by atoms with Gasteiger partial charge in [0, 0.05) is 18.5 Å². The van der Waals surface area contributed by atoms with E-state index in [-0.39, 0.29) is 36.0 Å². The Labute approximate surface area is 149 Å². The molecular formula is C20H18F2N2O2. The number of hydrogen-bond acceptors (Lipinski definition) is 3. The SMILES string of the molecule is Cc1ccc(C)c(NC(=O)CCc2ncc(-c3c(F)cccc3F)o2)c1. The molecule has 0 bridgehead atoms. The van der Waals surface area contributed by atoms with Crippen LogP contribution in [0.1, 0.15) is 23.4 Å². The third kappa shape index (κ3) is 3.96. The summed E-state index contributed by atoms with van der Waals surface area (Å²) in [5.41, 5.74) is 2.52. The van der Waals surface area contributed by atoms with Crippen LogP contribution in [-0.4, -0.2) is 10.9 Å². The van der Waals surface area contributed by atoms with Crippen molar-refractivity contribution in [2.24, 2.45) is 0 Å².